The summed E-state index contributed by atoms with van der Waals surface area (Å²) in [6.45, 7) is 0.201. The zero-order chi connectivity index (χ0) is 27.5. The van der Waals surface area contributed by atoms with Crippen LogP contribution in [0.25, 0.3) is 21.5 Å². The van der Waals surface area contributed by atoms with Crippen LogP contribution in [0.4, 0.5) is 13.9 Å². The maximum atomic E-state index is 14.6. The molecule has 0 radical (unpaired) electrons. The van der Waals surface area contributed by atoms with Crippen molar-refractivity contribution in [3.8, 4) is 11.3 Å². The molecule has 4 heterocycles. The van der Waals surface area contributed by atoms with Gasteiger partial charge in [0.25, 0.3) is 0 Å². The van der Waals surface area contributed by atoms with E-state index in [1.54, 1.807) is 17.4 Å². The van der Waals surface area contributed by atoms with Crippen LogP contribution in [-0.2, 0) is 16.1 Å². The number of carbonyl (C=O) groups excluding carboxylic acids is 1. The van der Waals surface area contributed by atoms with Gasteiger partial charge in [0, 0.05) is 28.0 Å². The fourth-order valence-corrected chi connectivity index (χ4v) is 8.00. The number of aromatic nitrogens is 2. The van der Waals surface area contributed by atoms with E-state index < -0.39 is 11.6 Å². The molecule has 3 aliphatic rings. The second-order valence-corrected chi connectivity index (χ2v) is 12.6. The second-order valence-electron chi connectivity index (χ2n) is 10.7. The molecule has 2 unspecified atom stereocenters. The zero-order valence-electron chi connectivity index (χ0n) is 21.7. The molecule has 40 heavy (non-hydrogen) atoms. The minimum atomic E-state index is -0.663. The van der Waals surface area contributed by atoms with Gasteiger partial charge in [-0.25, -0.2) is 18.6 Å². The van der Waals surface area contributed by atoms with Crippen LogP contribution >= 0.6 is 27.3 Å². The Bertz CT molecular complexity index is 1590. The number of rotatable bonds is 7. The van der Waals surface area contributed by atoms with Crippen LogP contribution in [0.5, 0.6) is 0 Å². The molecule has 11 heteroatoms. The Balaban J connectivity index is 1.10. The van der Waals surface area contributed by atoms with Crippen LogP contribution < -0.4 is 4.90 Å². The Labute approximate surface area is 241 Å². The van der Waals surface area contributed by atoms with E-state index in [2.05, 4.69) is 26.0 Å². The SMILES string of the molecule is COC(=O)c1cc(Br)c2nc(N3C4CCC3CC(OCc3c(-c5c(F)cccc5F)noc3C3CC3)C4)sc2c1. The Kier molecular flexibility index (Phi) is 6.63. The number of anilines is 1. The summed E-state index contributed by atoms with van der Waals surface area (Å²) in [5.41, 5.74) is 2.01. The van der Waals surface area contributed by atoms with Crippen molar-refractivity contribution in [2.75, 3.05) is 12.0 Å². The van der Waals surface area contributed by atoms with Gasteiger partial charge in [0.1, 0.15) is 23.1 Å². The lowest BCUT2D eigenvalue weighted by Gasteiger charge is -2.38. The Hall–Kier alpha value is -2.89. The summed E-state index contributed by atoms with van der Waals surface area (Å²) < 4.78 is 47.9. The van der Waals surface area contributed by atoms with Gasteiger partial charge < -0.3 is 18.9 Å². The van der Waals surface area contributed by atoms with Crippen LogP contribution in [0.15, 0.2) is 39.3 Å². The van der Waals surface area contributed by atoms with Gasteiger partial charge in [-0.15, -0.1) is 0 Å². The number of halogens is 3. The summed E-state index contributed by atoms with van der Waals surface area (Å²) in [5.74, 6) is -0.793. The van der Waals surface area contributed by atoms with Crippen molar-refractivity contribution in [1.29, 1.82) is 0 Å². The molecule has 4 aromatic rings. The molecular weight excluding hydrogens is 604 g/mol. The molecule has 2 aromatic heterocycles. The molecule has 0 N–H and O–H groups in total. The standard InChI is InChI=1S/C29H26BrF2N3O4S/c1-37-28(36)15-9-20(30)26-23(10-15)40-29(33-26)35-16-7-8-17(35)12-18(11-16)38-13-19-25(34-39-27(19)14-5-6-14)24-21(31)3-2-4-22(24)32/h2-4,9-10,14,16-18H,5-8,11-13H2,1H3. The second kappa shape index (κ2) is 10.2. The number of benzene rings is 2. The normalized spacial score (nSPS) is 22.3. The van der Waals surface area contributed by atoms with Gasteiger partial charge in [0.2, 0.25) is 0 Å². The van der Waals surface area contributed by atoms with Crippen LogP contribution in [-0.4, -0.2) is 41.4 Å². The average molecular weight is 631 g/mol. The van der Waals surface area contributed by atoms with E-state index in [0.29, 0.717) is 16.9 Å². The van der Waals surface area contributed by atoms with Crippen LogP contribution in [0.3, 0.4) is 0 Å². The topological polar surface area (TPSA) is 77.7 Å². The number of fused-ring (bicyclic) bond motifs is 3. The predicted molar refractivity (Wildman–Crippen MR) is 150 cm³/mol. The number of esters is 1. The summed E-state index contributed by atoms with van der Waals surface area (Å²) in [6, 6.07) is 7.94. The number of nitrogens with zero attached hydrogens (tertiary/aromatic N) is 3. The highest BCUT2D eigenvalue weighted by Crippen LogP contribution is 2.47. The zero-order valence-corrected chi connectivity index (χ0v) is 24.1. The van der Waals surface area contributed by atoms with Crippen molar-refractivity contribution in [2.24, 2.45) is 0 Å². The van der Waals surface area contributed by atoms with Crippen molar-refractivity contribution in [3.63, 3.8) is 0 Å². The van der Waals surface area contributed by atoms with Gasteiger partial charge in [-0.1, -0.05) is 22.6 Å². The smallest absolute Gasteiger partial charge is 0.337 e. The maximum Gasteiger partial charge on any atom is 0.337 e. The number of ether oxygens (including phenoxy) is 2. The summed E-state index contributed by atoms with van der Waals surface area (Å²) in [6.07, 6.45) is 5.69. The molecule has 2 bridgehead atoms. The molecule has 2 aliphatic heterocycles. The van der Waals surface area contributed by atoms with E-state index in [-0.39, 0.29) is 47.9 Å². The fraction of sp³-hybridized carbons (Fsp3) is 0.414. The molecule has 0 spiro atoms. The Morgan fingerprint density at radius 1 is 1.15 bits per heavy atom. The molecule has 1 aliphatic carbocycles. The first-order chi connectivity index (χ1) is 19.4. The Morgan fingerprint density at radius 2 is 1.88 bits per heavy atom. The average Bonchev–Trinajstić information content (AvgIpc) is 3.46. The van der Waals surface area contributed by atoms with Crippen molar-refractivity contribution >= 4 is 48.6 Å². The van der Waals surface area contributed by atoms with Crippen molar-refractivity contribution in [3.05, 3.63) is 63.3 Å². The molecular formula is C29H26BrF2N3O4S. The number of thiazole rings is 1. The number of carbonyl (C=O) groups is 1. The minimum Gasteiger partial charge on any atom is -0.465 e. The van der Waals surface area contributed by atoms with Crippen molar-refractivity contribution in [1.82, 2.24) is 10.1 Å². The maximum absolute atomic E-state index is 14.6. The van der Waals surface area contributed by atoms with Crippen LogP contribution in [0, 0.1) is 11.6 Å². The van der Waals surface area contributed by atoms with E-state index >= 15 is 0 Å². The molecule has 7 nitrogen and oxygen atoms in total. The van der Waals surface area contributed by atoms with Gasteiger partial charge in [-0.05, 0) is 78.7 Å². The molecule has 208 valence electrons. The van der Waals surface area contributed by atoms with Crippen LogP contribution in [0.1, 0.15) is 66.1 Å². The van der Waals surface area contributed by atoms with E-state index in [1.165, 1.54) is 25.3 Å². The largest absolute Gasteiger partial charge is 0.465 e. The third-order valence-electron chi connectivity index (χ3n) is 8.20. The van der Waals surface area contributed by atoms with E-state index in [4.69, 9.17) is 19.0 Å². The number of hydrogen-bond donors (Lipinski definition) is 0. The van der Waals surface area contributed by atoms with Gasteiger partial charge in [-0.2, -0.15) is 0 Å². The lowest BCUT2D eigenvalue weighted by Crippen LogP contribution is -2.45. The number of methoxy groups -OCH3 is 1. The number of piperidine rings is 1. The monoisotopic (exact) mass is 629 g/mol. The minimum absolute atomic E-state index is 0.000983. The molecule has 2 saturated heterocycles. The Morgan fingerprint density at radius 3 is 2.55 bits per heavy atom. The van der Waals surface area contributed by atoms with Gasteiger partial charge >= 0.3 is 5.97 Å². The number of hydrogen-bond acceptors (Lipinski definition) is 8. The molecule has 7 rings (SSSR count). The third-order valence-corrected chi connectivity index (χ3v) is 9.82. The lowest BCUT2D eigenvalue weighted by molar-refractivity contribution is 0.0147. The highest BCUT2D eigenvalue weighted by molar-refractivity contribution is 9.10. The molecule has 2 aromatic carbocycles. The van der Waals surface area contributed by atoms with E-state index in [1.807, 2.05) is 6.07 Å². The first-order valence-corrected chi connectivity index (χ1v) is 15.0. The predicted octanol–water partition coefficient (Wildman–Crippen LogP) is 7.37. The van der Waals surface area contributed by atoms with E-state index in [9.17, 15) is 13.6 Å². The molecule has 0 amide bonds. The summed E-state index contributed by atoms with van der Waals surface area (Å²) >= 11 is 5.15. The summed E-state index contributed by atoms with van der Waals surface area (Å²) in [7, 11) is 1.37. The quantitative estimate of drug-likeness (QED) is 0.197. The summed E-state index contributed by atoms with van der Waals surface area (Å²) in [5, 5.41) is 5.04. The molecule has 1 saturated carbocycles. The van der Waals surface area contributed by atoms with Crippen molar-refractivity contribution < 1.29 is 27.6 Å². The lowest BCUT2D eigenvalue weighted by atomic mass is 10.00. The molecule has 3 fully saturated rings. The highest BCUT2D eigenvalue weighted by Gasteiger charge is 2.43. The van der Waals surface area contributed by atoms with Crippen molar-refractivity contribution in [2.45, 2.75) is 69.2 Å². The van der Waals surface area contributed by atoms with E-state index in [0.717, 1.165) is 58.3 Å². The summed E-state index contributed by atoms with van der Waals surface area (Å²) in [4.78, 5) is 19.4. The first kappa shape index (κ1) is 26.0. The van der Waals surface area contributed by atoms with Gasteiger partial charge in [0.15, 0.2) is 5.13 Å². The van der Waals surface area contributed by atoms with Gasteiger partial charge in [-0.3, -0.25) is 0 Å². The first-order valence-electron chi connectivity index (χ1n) is 13.4. The highest BCUT2D eigenvalue weighted by atomic mass is 79.9. The van der Waals surface area contributed by atoms with Crippen LogP contribution in [0.2, 0.25) is 0 Å². The fourth-order valence-electron chi connectivity index (χ4n) is 6.15. The third kappa shape index (κ3) is 4.52. The van der Waals surface area contributed by atoms with Gasteiger partial charge in [0.05, 0.1) is 41.2 Å². The molecule has 2 atom stereocenters.